The van der Waals surface area contributed by atoms with Crippen LogP contribution in [0.3, 0.4) is 0 Å². The van der Waals surface area contributed by atoms with Crippen LogP contribution >= 0.6 is 0 Å². The standard InChI is InChI=1S/C13H23N3O/c1-15-4-3-11(7-15)8-16(2)9-13-5-12(6-14)10-17-13/h5,10-11H,3-4,6-9,14H2,1-2H3. The summed E-state index contributed by atoms with van der Waals surface area (Å²) < 4.78 is 5.48. The van der Waals surface area contributed by atoms with E-state index >= 15 is 0 Å². The highest BCUT2D eigenvalue weighted by atomic mass is 16.3. The minimum Gasteiger partial charge on any atom is -0.468 e. The molecule has 0 radical (unpaired) electrons. The Morgan fingerprint density at radius 2 is 2.41 bits per heavy atom. The van der Waals surface area contributed by atoms with Gasteiger partial charge in [0.2, 0.25) is 0 Å². The second kappa shape index (κ2) is 5.67. The van der Waals surface area contributed by atoms with E-state index in [1.165, 1.54) is 19.5 Å². The molecule has 17 heavy (non-hydrogen) atoms. The summed E-state index contributed by atoms with van der Waals surface area (Å²) in [5.74, 6) is 1.81. The first-order valence-electron chi connectivity index (χ1n) is 6.31. The molecule has 4 heteroatoms. The summed E-state index contributed by atoms with van der Waals surface area (Å²) in [6.45, 7) is 5.02. The maximum absolute atomic E-state index is 5.56. The number of rotatable bonds is 5. The lowest BCUT2D eigenvalue weighted by Gasteiger charge is -2.19. The zero-order valence-electron chi connectivity index (χ0n) is 10.9. The minimum atomic E-state index is 0.556. The molecule has 0 amide bonds. The lowest BCUT2D eigenvalue weighted by atomic mass is 10.1. The Bertz CT molecular complexity index is 350. The van der Waals surface area contributed by atoms with E-state index < -0.39 is 0 Å². The molecule has 1 aromatic rings. The highest BCUT2D eigenvalue weighted by Crippen LogP contribution is 2.16. The van der Waals surface area contributed by atoms with Crippen molar-refractivity contribution in [3.63, 3.8) is 0 Å². The smallest absolute Gasteiger partial charge is 0.118 e. The number of likely N-dealkylation sites (tertiary alicyclic amines) is 1. The normalized spacial score (nSPS) is 21.5. The van der Waals surface area contributed by atoms with E-state index in [9.17, 15) is 0 Å². The molecular formula is C13H23N3O. The summed E-state index contributed by atoms with van der Waals surface area (Å²) in [6, 6.07) is 2.05. The van der Waals surface area contributed by atoms with E-state index in [1.54, 1.807) is 6.26 Å². The first kappa shape index (κ1) is 12.6. The molecule has 0 spiro atoms. The topological polar surface area (TPSA) is 45.6 Å². The third-order valence-electron chi connectivity index (χ3n) is 3.43. The molecule has 1 aromatic heterocycles. The molecule has 2 N–H and O–H groups in total. The molecule has 1 unspecified atom stereocenters. The van der Waals surface area contributed by atoms with E-state index in [2.05, 4.69) is 30.0 Å². The van der Waals surface area contributed by atoms with Crippen LogP contribution < -0.4 is 5.73 Å². The summed E-state index contributed by atoms with van der Waals surface area (Å²) in [6.07, 6.45) is 3.07. The molecule has 0 aromatic carbocycles. The fourth-order valence-corrected chi connectivity index (χ4v) is 2.56. The quantitative estimate of drug-likeness (QED) is 0.833. The van der Waals surface area contributed by atoms with Crippen molar-refractivity contribution in [1.29, 1.82) is 0 Å². The fraction of sp³-hybridized carbons (Fsp3) is 0.692. The molecule has 0 saturated carbocycles. The van der Waals surface area contributed by atoms with Gasteiger partial charge in [-0.25, -0.2) is 0 Å². The van der Waals surface area contributed by atoms with E-state index in [0.29, 0.717) is 6.54 Å². The van der Waals surface area contributed by atoms with Crippen LogP contribution in [0.1, 0.15) is 17.7 Å². The van der Waals surface area contributed by atoms with Crippen molar-refractivity contribution in [1.82, 2.24) is 9.80 Å². The van der Waals surface area contributed by atoms with Gasteiger partial charge in [0.25, 0.3) is 0 Å². The van der Waals surface area contributed by atoms with Crippen molar-refractivity contribution >= 4 is 0 Å². The van der Waals surface area contributed by atoms with Gasteiger partial charge in [-0.15, -0.1) is 0 Å². The number of hydrogen-bond acceptors (Lipinski definition) is 4. The van der Waals surface area contributed by atoms with Gasteiger partial charge in [0, 0.05) is 25.2 Å². The van der Waals surface area contributed by atoms with Crippen LogP contribution in [0.15, 0.2) is 16.7 Å². The van der Waals surface area contributed by atoms with Crippen molar-refractivity contribution in [3.8, 4) is 0 Å². The molecule has 0 bridgehead atoms. The summed E-state index contributed by atoms with van der Waals surface area (Å²) in [5, 5.41) is 0. The molecule has 2 rings (SSSR count). The monoisotopic (exact) mass is 237 g/mol. The van der Waals surface area contributed by atoms with Gasteiger partial charge in [-0.3, -0.25) is 4.90 Å². The van der Waals surface area contributed by atoms with Crippen LogP contribution in [0.4, 0.5) is 0 Å². The van der Waals surface area contributed by atoms with E-state index in [1.807, 2.05) is 0 Å². The molecule has 2 heterocycles. The fourth-order valence-electron chi connectivity index (χ4n) is 2.56. The van der Waals surface area contributed by atoms with Crippen molar-refractivity contribution in [2.75, 3.05) is 33.7 Å². The Labute approximate surface area is 103 Å². The first-order valence-corrected chi connectivity index (χ1v) is 6.31. The predicted octanol–water partition coefficient (Wildman–Crippen LogP) is 1.12. The lowest BCUT2D eigenvalue weighted by molar-refractivity contribution is 0.249. The van der Waals surface area contributed by atoms with Crippen molar-refractivity contribution in [3.05, 3.63) is 23.7 Å². The molecule has 1 aliphatic heterocycles. The molecule has 96 valence electrons. The SMILES string of the molecule is CN1CCC(CN(C)Cc2cc(CN)co2)C1. The lowest BCUT2D eigenvalue weighted by Crippen LogP contribution is -2.26. The summed E-state index contributed by atoms with van der Waals surface area (Å²) in [5.41, 5.74) is 6.64. The van der Waals surface area contributed by atoms with Crippen LogP contribution in [0.2, 0.25) is 0 Å². The zero-order chi connectivity index (χ0) is 12.3. The second-order valence-electron chi connectivity index (χ2n) is 5.24. The highest BCUT2D eigenvalue weighted by molar-refractivity contribution is 5.12. The first-order chi connectivity index (χ1) is 8.17. The number of hydrogen-bond donors (Lipinski definition) is 1. The Kier molecular flexibility index (Phi) is 4.20. The summed E-state index contributed by atoms with van der Waals surface area (Å²) in [4.78, 5) is 4.74. The van der Waals surface area contributed by atoms with Gasteiger partial charge in [0.1, 0.15) is 5.76 Å². The predicted molar refractivity (Wildman–Crippen MR) is 68.5 cm³/mol. The van der Waals surface area contributed by atoms with Gasteiger partial charge in [-0.05, 0) is 39.0 Å². The van der Waals surface area contributed by atoms with Crippen LogP contribution in [-0.4, -0.2) is 43.5 Å². The Morgan fingerprint density at radius 3 is 3.00 bits per heavy atom. The van der Waals surface area contributed by atoms with Crippen LogP contribution in [0.5, 0.6) is 0 Å². The van der Waals surface area contributed by atoms with Gasteiger partial charge >= 0.3 is 0 Å². The maximum atomic E-state index is 5.56. The van der Waals surface area contributed by atoms with Crippen LogP contribution in [-0.2, 0) is 13.1 Å². The third-order valence-corrected chi connectivity index (χ3v) is 3.43. The van der Waals surface area contributed by atoms with Crippen molar-refractivity contribution in [2.24, 2.45) is 11.7 Å². The Balaban J connectivity index is 1.78. The van der Waals surface area contributed by atoms with E-state index in [0.717, 1.165) is 30.3 Å². The summed E-state index contributed by atoms with van der Waals surface area (Å²) >= 11 is 0. The van der Waals surface area contributed by atoms with Crippen LogP contribution in [0.25, 0.3) is 0 Å². The largest absolute Gasteiger partial charge is 0.468 e. The minimum absolute atomic E-state index is 0.556. The molecule has 4 nitrogen and oxygen atoms in total. The van der Waals surface area contributed by atoms with Gasteiger partial charge in [0.15, 0.2) is 0 Å². The molecule has 1 fully saturated rings. The van der Waals surface area contributed by atoms with Crippen molar-refractivity contribution < 1.29 is 4.42 Å². The second-order valence-corrected chi connectivity index (χ2v) is 5.24. The number of nitrogens with zero attached hydrogens (tertiary/aromatic N) is 2. The molecule has 0 aliphatic carbocycles. The zero-order valence-corrected chi connectivity index (χ0v) is 10.9. The van der Waals surface area contributed by atoms with Crippen molar-refractivity contribution in [2.45, 2.75) is 19.5 Å². The maximum Gasteiger partial charge on any atom is 0.118 e. The van der Waals surface area contributed by atoms with Gasteiger partial charge in [-0.2, -0.15) is 0 Å². The van der Waals surface area contributed by atoms with E-state index in [-0.39, 0.29) is 0 Å². The summed E-state index contributed by atoms with van der Waals surface area (Å²) in [7, 11) is 4.35. The molecule has 1 atom stereocenters. The highest BCUT2D eigenvalue weighted by Gasteiger charge is 2.20. The Hall–Kier alpha value is -0.840. The third kappa shape index (κ3) is 3.56. The average molecular weight is 237 g/mol. The van der Waals surface area contributed by atoms with Gasteiger partial charge < -0.3 is 15.1 Å². The number of nitrogens with two attached hydrogens (primary N) is 1. The van der Waals surface area contributed by atoms with Crippen LogP contribution in [0, 0.1) is 5.92 Å². The van der Waals surface area contributed by atoms with Gasteiger partial charge in [0.05, 0.1) is 12.8 Å². The molecule has 1 aliphatic rings. The van der Waals surface area contributed by atoms with Gasteiger partial charge in [-0.1, -0.05) is 0 Å². The Morgan fingerprint density at radius 1 is 1.59 bits per heavy atom. The van der Waals surface area contributed by atoms with E-state index in [4.69, 9.17) is 10.2 Å². The average Bonchev–Trinajstić information content (AvgIpc) is 2.88. The molecule has 1 saturated heterocycles. The molecular weight excluding hydrogens is 214 g/mol. The number of furan rings is 1.